The van der Waals surface area contributed by atoms with Crippen LogP contribution in [0.25, 0.3) is 0 Å². The lowest BCUT2D eigenvalue weighted by atomic mass is 9.79. The maximum absolute atomic E-state index is 6.28. The van der Waals surface area contributed by atoms with Crippen molar-refractivity contribution in [3.63, 3.8) is 0 Å². The molecular formula is C15H29NOS. The van der Waals surface area contributed by atoms with Gasteiger partial charge in [0.05, 0.1) is 5.60 Å². The van der Waals surface area contributed by atoms with Crippen molar-refractivity contribution in [2.75, 3.05) is 18.1 Å². The molecule has 0 saturated carbocycles. The van der Waals surface area contributed by atoms with Crippen LogP contribution >= 0.6 is 11.8 Å². The minimum Gasteiger partial charge on any atom is -0.374 e. The van der Waals surface area contributed by atoms with Gasteiger partial charge in [-0.05, 0) is 49.2 Å². The fourth-order valence-corrected chi connectivity index (χ4v) is 4.47. The van der Waals surface area contributed by atoms with Gasteiger partial charge in [-0.1, -0.05) is 20.8 Å². The van der Waals surface area contributed by atoms with Gasteiger partial charge in [-0.3, -0.25) is 0 Å². The van der Waals surface area contributed by atoms with E-state index in [9.17, 15) is 0 Å². The largest absolute Gasteiger partial charge is 0.374 e. The molecule has 0 radical (unpaired) electrons. The third-order valence-electron chi connectivity index (χ3n) is 4.66. The summed E-state index contributed by atoms with van der Waals surface area (Å²) >= 11 is 2.06. The second kappa shape index (κ2) is 5.72. The van der Waals surface area contributed by atoms with Gasteiger partial charge in [0, 0.05) is 18.4 Å². The smallest absolute Gasteiger partial charge is 0.0783 e. The highest BCUT2D eigenvalue weighted by Gasteiger charge is 2.40. The monoisotopic (exact) mass is 271 g/mol. The Morgan fingerprint density at radius 2 is 2.22 bits per heavy atom. The van der Waals surface area contributed by atoms with E-state index in [0.717, 1.165) is 18.9 Å². The summed E-state index contributed by atoms with van der Waals surface area (Å²) in [5.41, 5.74) is 6.76. The molecule has 0 aromatic heterocycles. The van der Waals surface area contributed by atoms with Gasteiger partial charge in [-0.25, -0.2) is 0 Å². The minimum absolute atomic E-state index is 0.236. The van der Waals surface area contributed by atoms with E-state index in [0.29, 0.717) is 6.04 Å². The second-order valence-corrected chi connectivity index (χ2v) is 8.35. The normalized spacial score (nSPS) is 35.0. The molecule has 1 spiro atoms. The summed E-state index contributed by atoms with van der Waals surface area (Å²) in [6.07, 6.45) is 6.23. The first-order valence-corrected chi connectivity index (χ1v) is 8.54. The maximum atomic E-state index is 6.28. The van der Waals surface area contributed by atoms with Gasteiger partial charge in [0.25, 0.3) is 0 Å². The summed E-state index contributed by atoms with van der Waals surface area (Å²) in [6, 6.07) is 0.328. The Labute approximate surface area is 116 Å². The van der Waals surface area contributed by atoms with E-state index in [2.05, 4.69) is 32.5 Å². The minimum atomic E-state index is 0.236. The molecular weight excluding hydrogens is 242 g/mol. The van der Waals surface area contributed by atoms with Crippen molar-refractivity contribution >= 4 is 11.8 Å². The number of ether oxygens (including phenoxy) is 1. The topological polar surface area (TPSA) is 35.2 Å². The van der Waals surface area contributed by atoms with Gasteiger partial charge in [-0.2, -0.15) is 11.8 Å². The van der Waals surface area contributed by atoms with Crippen molar-refractivity contribution in [2.45, 2.75) is 64.5 Å². The third-order valence-corrected chi connectivity index (χ3v) is 5.88. The van der Waals surface area contributed by atoms with Crippen molar-refractivity contribution in [3.05, 3.63) is 0 Å². The molecule has 2 rings (SSSR count). The first kappa shape index (κ1) is 14.7. The van der Waals surface area contributed by atoms with Gasteiger partial charge in [0.2, 0.25) is 0 Å². The fourth-order valence-electron chi connectivity index (χ4n) is 3.09. The van der Waals surface area contributed by atoms with Crippen molar-refractivity contribution in [1.29, 1.82) is 0 Å². The molecule has 2 aliphatic heterocycles. The molecule has 2 heterocycles. The van der Waals surface area contributed by atoms with Gasteiger partial charge in [0.15, 0.2) is 0 Å². The van der Waals surface area contributed by atoms with Crippen LogP contribution in [0.2, 0.25) is 0 Å². The Morgan fingerprint density at radius 1 is 1.44 bits per heavy atom. The first-order valence-electron chi connectivity index (χ1n) is 7.39. The predicted octanol–water partition coefficient (Wildman–Crippen LogP) is 3.44. The van der Waals surface area contributed by atoms with Crippen LogP contribution in [-0.2, 0) is 4.74 Å². The van der Waals surface area contributed by atoms with Gasteiger partial charge < -0.3 is 10.5 Å². The van der Waals surface area contributed by atoms with Crippen LogP contribution in [0.1, 0.15) is 52.9 Å². The molecule has 0 aromatic carbocycles. The highest BCUT2D eigenvalue weighted by Crippen LogP contribution is 2.41. The highest BCUT2D eigenvalue weighted by molar-refractivity contribution is 7.99. The first-order chi connectivity index (χ1) is 8.41. The van der Waals surface area contributed by atoms with Gasteiger partial charge in [0.1, 0.15) is 0 Å². The molecule has 106 valence electrons. The van der Waals surface area contributed by atoms with E-state index in [1.165, 1.54) is 37.2 Å². The summed E-state index contributed by atoms with van der Waals surface area (Å²) < 4.78 is 6.08. The predicted molar refractivity (Wildman–Crippen MR) is 80.0 cm³/mol. The molecule has 0 bridgehead atoms. The van der Waals surface area contributed by atoms with Gasteiger partial charge in [-0.15, -0.1) is 0 Å². The Balaban J connectivity index is 1.79. The van der Waals surface area contributed by atoms with E-state index in [1.54, 1.807) is 0 Å². The Morgan fingerprint density at radius 3 is 2.83 bits per heavy atom. The number of nitrogens with two attached hydrogens (primary N) is 1. The van der Waals surface area contributed by atoms with E-state index < -0.39 is 0 Å². The van der Waals surface area contributed by atoms with Crippen molar-refractivity contribution in [3.8, 4) is 0 Å². The zero-order valence-electron chi connectivity index (χ0n) is 12.2. The molecule has 3 atom stereocenters. The van der Waals surface area contributed by atoms with Gasteiger partial charge >= 0.3 is 0 Å². The molecule has 0 aromatic rings. The summed E-state index contributed by atoms with van der Waals surface area (Å²) in [5.74, 6) is 3.34. The number of hydrogen-bond acceptors (Lipinski definition) is 3. The molecule has 2 saturated heterocycles. The zero-order chi connectivity index (χ0) is 13.2. The Hall–Kier alpha value is 0.270. The van der Waals surface area contributed by atoms with Crippen molar-refractivity contribution in [1.82, 2.24) is 0 Å². The average Bonchev–Trinajstić information content (AvgIpc) is 2.73. The lowest BCUT2D eigenvalue weighted by Gasteiger charge is -2.38. The number of thioether (sulfide) groups is 1. The van der Waals surface area contributed by atoms with Crippen LogP contribution in [0.5, 0.6) is 0 Å². The average molecular weight is 271 g/mol. The summed E-state index contributed by atoms with van der Waals surface area (Å²) in [7, 11) is 0. The van der Waals surface area contributed by atoms with Crippen molar-refractivity contribution < 1.29 is 4.74 Å². The third kappa shape index (κ3) is 3.64. The summed E-state index contributed by atoms with van der Waals surface area (Å²) in [6.45, 7) is 7.71. The van der Waals surface area contributed by atoms with Crippen LogP contribution in [-0.4, -0.2) is 29.8 Å². The molecule has 2 N–H and O–H groups in total. The molecule has 3 unspecified atom stereocenters. The van der Waals surface area contributed by atoms with Crippen LogP contribution in [0.15, 0.2) is 0 Å². The molecule has 18 heavy (non-hydrogen) atoms. The van der Waals surface area contributed by atoms with E-state index in [-0.39, 0.29) is 11.0 Å². The SMILES string of the molecule is CC(C)(C)C(N)CCC1CCOC2(CCSC2)C1. The number of rotatable bonds is 3. The maximum Gasteiger partial charge on any atom is 0.0783 e. The summed E-state index contributed by atoms with van der Waals surface area (Å²) in [4.78, 5) is 0. The summed E-state index contributed by atoms with van der Waals surface area (Å²) in [5, 5.41) is 0. The second-order valence-electron chi connectivity index (χ2n) is 7.24. The van der Waals surface area contributed by atoms with Crippen molar-refractivity contribution in [2.24, 2.45) is 17.1 Å². The van der Waals surface area contributed by atoms with E-state index in [4.69, 9.17) is 10.5 Å². The Bertz CT molecular complexity index is 268. The molecule has 3 heteroatoms. The lowest BCUT2D eigenvalue weighted by Crippen LogP contribution is -2.41. The molecule has 2 fully saturated rings. The van der Waals surface area contributed by atoms with E-state index >= 15 is 0 Å². The van der Waals surface area contributed by atoms with Crippen LogP contribution in [0.4, 0.5) is 0 Å². The zero-order valence-corrected chi connectivity index (χ0v) is 13.0. The molecule has 2 aliphatic rings. The van der Waals surface area contributed by atoms with Crippen LogP contribution in [0, 0.1) is 11.3 Å². The number of hydrogen-bond donors (Lipinski definition) is 1. The molecule has 2 nitrogen and oxygen atoms in total. The Kier molecular flexibility index (Phi) is 4.66. The standard InChI is InChI=1S/C15H29NOS/c1-14(2,3)13(16)5-4-12-6-8-17-15(10-12)7-9-18-11-15/h12-13H,4-11,16H2,1-3H3. The van der Waals surface area contributed by atoms with E-state index in [1.807, 2.05) is 0 Å². The molecule has 0 amide bonds. The van der Waals surface area contributed by atoms with Crippen LogP contribution < -0.4 is 5.73 Å². The quantitative estimate of drug-likeness (QED) is 0.854. The lowest BCUT2D eigenvalue weighted by molar-refractivity contribution is -0.0811. The highest BCUT2D eigenvalue weighted by atomic mass is 32.2. The fraction of sp³-hybridized carbons (Fsp3) is 1.00. The van der Waals surface area contributed by atoms with Crippen LogP contribution in [0.3, 0.4) is 0 Å². The molecule has 0 aliphatic carbocycles.